The van der Waals surface area contributed by atoms with Gasteiger partial charge in [-0.2, -0.15) is 0 Å². The van der Waals surface area contributed by atoms with Crippen molar-refractivity contribution >= 4 is 71.3 Å². The Morgan fingerprint density at radius 2 is 0.855 bits per heavy atom. The van der Waals surface area contributed by atoms with Gasteiger partial charge in [0.15, 0.2) is 0 Å². The van der Waals surface area contributed by atoms with Crippen LogP contribution in [0.15, 0.2) is 241 Å². The van der Waals surface area contributed by atoms with Gasteiger partial charge in [0.05, 0.1) is 5.69 Å². The minimum atomic E-state index is 0.884. The van der Waals surface area contributed by atoms with Crippen LogP contribution in [0.25, 0.3) is 98.8 Å². The lowest BCUT2D eigenvalue weighted by Gasteiger charge is -2.29. The zero-order valence-corrected chi connectivity index (χ0v) is 33.9. The monoisotopic (exact) mass is 789 g/mol. The lowest BCUT2D eigenvalue weighted by molar-refractivity contribution is 0.673. The molecule has 12 rings (SSSR count). The molecule has 11 aromatic carbocycles. The lowest BCUT2D eigenvalue weighted by atomic mass is 9.85. The van der Waals surface area contributed by atoms with E-state index in [-0.39, 0.29) is 0 Å². The third-order valence-corrected chi connectivity index (χ3v) is 12.4. The summed E-state index contributed by atoms with van der Waals surface area (Å²) in [4.78, 5) is 2.44. The average molecular weight is 790 g/mol. The highest BCUT2D eigenvalue weighted by Gasteiger charge is 2.23. The van der Waals surface area contributed by atoms with Crippen LogP contribution in [0.1, 0.15) is 0 Å². The molecule has 0 unspecified atom stereocenters. The smallest absolute Gasteiger partial charge is 0.143 e. The van der Waals surface area contributed by atoms with E-state index in [1.165, 1.54) is 49.2 Å². The molecule has 0 aliphatic carbocycles. The molecule has 0 aliphatic heterocycles. The molecule has 62 heavy (non-hydrogen) atoms. The van der Waals surface area contributed by atoms with Crippen molar-refractivity contribution in [1.82, 2.24) is 0 Å². The molecule has 0 amide bonds. The van der Waals surface area contributed by atoms with Crippen molar-refractivity contribution in [2.45, 2.75) is 0 Å². The SMILES string of the molecule is c1ccc(-c2ccccc2N(c2cccc(-c3cccc4oc5c6ccccc6ccc5c34)c2)c2ccc3c(c2)c(-c2ccccc2)c(-c2ccccc2)c2ccccc23)cc1. The van der Waals surface area contributed by atoms with E-state index >= 15 is 0 Å². The average Bonchev–Trinajstić information content (AvgIpc) is 3.74. The molecular weight excluding hydrogens is 751 g/mol. The molecule has 2 heteroatoms. The molecule has 0 fully saturated rings. The zero-order valence-electron chi connectivity index (χ0n) is 33.9. The summed E-state index contributed by atoms with van der Waals surface area (Å²) in [6, 6.07) is 85.5. The third kappa shape index (κ3) is 5.88. The summed E-state index contributed by atoms with van der Waals surface area (Å²) < 4.78 is 6.66. The predicted octanol–water partition coefficient (Wildman–Crippen LogP) is 17.2. The number of para-hydroxylation sites is 1. The standard InChI is InChI=1S/C60H39NO/c1-4-18-40(19-5-1)47-27-14-15-32-55(47)61(45-26-16-25-44(38-45)48-31-17-33-56-59(48)53-36-34-41-20-10-11-28-49(41)60(53)62-56)46-35-37-51-50-29-12-13-30-52(50)57(42-21-6-2-7-22-42)58(54(51)39-46)43-23-8-3-9-24-43/h1-39H. The summed E-state index contributed by atoms with van der Waals surface area (Å²) in [5.74, 6) is 0. The Bertz CT molecular complexity index is 3630. The van der Waals surface area contributed by atoms with E-state index in [0.717, 1.165) is 66.6 Å². The summed E-state index contributed by atoms with van der Waals surface area (Å²) >= 11 is 0. The lowest BCUT2D eigenvalue weighted by Crippen LogP contribution is -2.11. The second kappa shape index (κ2) is 14.8. The maximum absolute atomic E-state index is 6.66. The highest BCUT2D eigenvalue weighted by molar-refractivity contribution is 6.23. The number of furan rings is 1. The molecule has 0 spiro atoms. The van der Waals surface area contributed by atoms with Crippen molar-refractivity contribution < 1.29 is 4.42 Å². The van der Waals surface area contributed by atoms with Crippen LogP contribution in [-0.2, 0) is 0 Å². The number of benzene rings is 11. The maximum Gasteiger partial charge on any atom is 0.143 e. The highest BCUT2D eigenvalue weighted by atomic mass is 16.3. The van der Waals surface area contributed by atoms with Crippen LogP contribution in [-0.4, -0.2) is 0 Å². The van der Waals surface area contributed by atoms with E-state index in [9.17, 15) is 0 Å². The molecule has 0 saturated heterocycles. The van der Waals surface area contributed by atoms with Gasteiger partial charge in [0, 0.05) is 33.1 Å². The Morgan fingerprint density at radius 3 is 1.63 bits per heavy atom. The minimum Gasteiger partial charge on any atom is -0.455 e. The Labute approximate surface area is 360 Å². The van der Waals surface area contributed by atoms with Crippen LogP contribution in [0.4, 0.5) is 17.1 Å². The van der Waals surface area contributed by atoms with Crippen molar-refractivity contribution in [1.29, 1.82) is 0 Å². The van der Waals surface area contributed by atoms with Gasteiger partial charge in [0.25, 0.3) is 0 Å². The molecular formula is C60H39NO. The summed E-state index contributed by atoms with van der Waals surface area (Å²) in [7, 11) is 0. The molecule has 0 aliphatic rings. The summed E-state index contributed by atoms with van der Waals surface area (Å²) in [5, 5.41) is 9.44. The fourth-order valence-corrected chi connectivity index (χ4v) is 9.69. The normalized spacial score (nSPS) is 11.5. The fraction of sp³-hybridized carbons (Fsp3) is 0. The first-order valence-corrected chi connectivity index (χ1v) is 21.3. The van der Waals surface area contributed by atoms with Crippen molar-refractivity contribution in [2.24, 2.45) is 0 Å². The first-order valence-electron chi connectivity index (χ1n) is 21.3. The van der Waals surface area contributed by atoms with Crippen molar-refractivity contribution in [2.75, 3.05) is 4.90 Å². The van der Waals surface area contributed by atoms with Crippen molar-refractivity contribution in [3.63, 3.8) is 0 Å². The fourth-order valence-electron chi connectivity index (χ4n) is 9.69. The largest absolute Gasteiger partial charge is 0.455 e. The van der Waals surface area contributed by atoms with Gasteiger partial charge in [0.2, 0.25) is 0 Å². The quantitative estimate of drug-likeness (QED) is 0.150. The van der Waals surface area contributed by atoms with Gasteiger partial charge in [-0.3, -0.25) is 0 Å². The van der Waals surface area contributed by atoms with Crippen LogP contribution in [0.2, 0.25) is 0 Å². The molecule has 290 valence electrons. The molecule has 0 radical (unpaired) electrons. The maximum atomic E-state index is 6.66. The van der Waals surface area contributed by atoms with Crippen LogP contribution in [0.5, 0.6) is 0 Å². The van der Waals surface area contributed by atoms with Gasteiger partial charge in [0.1, 0.15) is 11.2 Å². The number of nitrogens with zero attached hydrogens (tertiary/aromatic N) is 1. The Hall–Kier alpha value is -8.20. The molecule has 0 N–H and O–H groups in total. The molecule has 1 heterocycles. The Morgan fingerprint density at radius 1 is 0.306 bits per heavy atom. The number of fused-ring (bicyclic) bond motifs is 8. The van der Waals surface area contributed by atoms with E-state index in [1.807, 2.05) is 0 Å². The van der Waals surface area contributed by atoms with Gasteiger partial charge < -0.3 is 9.32 Å². The summed E-state index contributed by atoms with van der Waals surface area (Å²) in [5.41, 5.74) is 14.5. The minimum absolute atomic E-state index is 0.884. The molecule has 12 aromatic rings. The molecule has 0 bridgehead atoms. The van der Waals surface area contributed by atoms with E-state index < -0.39 is 0 Å². The first-order chi connectivity index (χ1) is 30.8. The van der Waals surface area contributed by atoms with Crippen molar-refractivity contribution in [3.8, 4) is 44.5 Å². The highest BCUT2D eigenvalue weighted by Crippen LogP contribution is 2.49. The van der Waals surface area contributed by atoms with Crippen molar-refractivity contribution in [3.05, 3.63) is 237 Å². The summed E-state index contributed by atoms with van der Waals surface area (Å²) in [6.45, 7) is 0. The Kier molecular flexibility index (Phi) is 8.53. The molecule has 0 saturated carbocycles. The first kappa shape index (κ1) is 35.7. The third-order valence-electron chi connectivity index (χ3n) is 12.4. The van der Waals surface area contributed by atoms with E-state index in [2.05, 4.69) is 241 Å². The zero-order chi connectivity index (χ0) is 41.0. The van der Waals surface area contributed by atoms with Gasteiger partial charge in [-0.05, 0) is 108 Å². The number of hydrogen-bond donors (Lipinski definition) is 0. The topological polar surface area (TPSA) is 16.4 Å². The van der Waals surface area contributed by atoms with Gasteiger partial charge >= 0.3 is 0 Å². The van der Waals surface area contributed by atoms with E-state index in [4.69, 9.17) is 4.42 Å². The van der Waals surface area contributed by atoms with Crippen LogP contribution in [0.3, 0.4) is 0 Å². The summed E-state index contributed by atoms with van der Waals surface area (Å²) in [6.07, 6.45) is 0. The van der Waals surface area contributed by atoms with Gasteiger partial charge in [-0.1, -0.05) is 194 Å². The second-order valence-corrected chi connectivity index (χ2v) is 16.0. The van der Waals surface area contributed by atoms with E-state index in [0.29, 0.717) is 0 Å². The van der Waals surface area contributed by atoms with Crippen LogP contribution in [0, 0.1) is 0 Å². The van der Waals surface area contributed by atoms with Crippen LogP contribution < -0.4 is 4.90 Å². The number of anilines is 3. The van der Waals surface area contributed by atoms with Gasteiger partial charge in [-0.15, -0.1) is 0 Å². The van der Waals surface area contributed by atoms with Gasteiger partial charge in [-0.25, -0.2) is 0 Å². The number of hydrogen-bond acceptors (Lipinski definition) is 2. The number of rotatable bonds is 7. The van der Waals surface area contributed by atoms with Crippen LogP contribution >= 0.6 is 0 Å². The van der Waals surface area contributed by atoms with E-state index in [1.54, 1.807) is 0 Å². The predicted molar refractivity (Wildman–Crippen MR) is 263 cm³/mol. The molecule has 2 nitrogen and oxygen atoms in total. The molecule has 0 atom stereocenters. The second-order valence-electron chi connectivity index (χ2n) is 16.0. The molecule has 1 aromatic heterocycles. The Balaban J connectivity index is 1.14.